The molecule has 0 atom stereocenters. The first-order chi connectivity index (χ1) is 6.23. The summed E-state index contributed by atoms with van der Waals surface area (Å²) in [6, 6.07) is 3.56. The summed E-state index contributed by atoms with van der Waals surface area (Å²) in [5.41, 5.74) is -3.50. The van der Waals surface area contributed by atoms with Gasteiger partial charge in [-0.1, -0.05) is 0 Å². The van der Waals surface area contributed by atoms with Gasteiger partial charge in [0.25, 0.3) is 0 Å². The van der Waals surface area contributed by atoms with Crippen molar-refractivity contribution in [3.05, 3.63) is 35.4 Å². The molecule has 8 heteroatoms. The first kappa shape index (κ1) is 18.2. The minimum atomic E-state index is -5.04. The largest absolute Gasteiger partial charge is 2.00 e. The van der Waals surface area contributed by atoms with Crippen molar-refractivity contribution in [3.8, 4) is 0 Å². The van der Waals surface area contributed by atoms with Crippen LogP contribution >= 0.6 is 0 Å². The third kappa shape index (κ3) is 4.38. The fourth-order valence-corrected chi connectivity index (χ4v) is 0.908. The van der Waals surface area contributed by atoms with Gasteiger partial charge >= 0.3 is 35.4 Å². The summed E-state index contributed by atoms with van der Waals surface area (Å²) >= 11 is 0. The van der Waals surface area contributed by atoms with Crippen molar-refractivity contribution in [3.63, 3.8) is 0 Å². The predicted molar refractivity (Wildman–Crippen MR) is 41.0 cm³/mol. The van der Waals surface area contributed by atoms with Gasteiger partial charge in [0.1, 0.15) is 0 Å². The van der Waals surface area contributed by atoms with E-state index in [2.05, 4.69) is 0 Å². The Balaban J connectivity index is 0. The van der Waals surface area contributed by atoms with Gasteiger partial charge in [-0.15, -0.1) is 0 Å². The molecule has 0 aliphatic heterocycles. The normalized spacial score (nSPS) is 11.4. The molecule has 0 aromatic heterocycles. The van der Waals surface area contributed by atoms with Gasteiger partial charge in [-0.2, -0.15) is 50.6 Å². The second kappa shape index (κ2) is 5.97. The Labute approximate surface area is 110 Å². The molecule has 0 saturated carbocycles. The SMILES string of the molecule is FC(F)(F)c1[c-]cccc1C(F)(F)F.[Cl-].[Mg+2]. The number of alkyl halides is 6. The molecule has 16 heavy (non-hydrogen) atoms. The zero-order valence-electron chi connectivity index (χ0n) is 7.58. The Morgan fingerprint density at radius 1 is 0.938 bits per heavy atom. The Morgan fingerprint density at radius 2 is 1.44 bits per heavy atom. The molecule has 0 bridgehead atoms. The first-order valence-corrected chi connectivity index (χ1v) is 3.38. The van der Waals surface area contributed by atoms with Gasteiger partial charge < -0.3 is 12.4 Å². The minimum Gasteiger partial charge on any atom is -1.00 e. The molecule has 0 N–H and O–H groups in total. The number of hydrogen-bond donors (Lipinski definition) is 0. The summed E-state index contributed by atoms with van der Waals surface area (Å²) in [6.45, 7) is 0. The summed E-state index contributed by atoms with van der Waals surface area (Å²) in [6.07, 6.45) is -10.0. The van der Waals surface area contributed by atoms with Crippen LogP contribution in [0.1, 0.15) is 11.1 Å². The van der Waals surface area contributed by atoms with Crippen LogP contribution in [-0.2, 0) is 12.4 Å². The number of hydrogen-bond acceptors (Lipinski definition) is 0. The van der Waals surface area contributed by atoms with E-state index in [0.717, 1.165) is 12.1 Å². The van der Waals surface area contributed by atoms with E-state index in [1.807, 2.05) is 0 Å². The van der Waals surface area contributed by atoms with Crippen molar-refractivity contribution >= 4 is 23.1 Å². The molecule has 0 nitrogen and oxygen atoms in total. The maximum Gasteiger partial charge on any atom is 2.00 e. The van der Waals surface area contributed by atoms with Crippen LogP contribution in [0.5, 0.6) is 0 Å². The third-order valence-electron chi connectivity index (χ3n) is 1.44. The molecule has 0 aliphatic rings. The Bertz CT molecular complexity index is 299. The predicted octanol–water partition coefficient (Wildman–Crippen LogP) is 0.148. The smallest absolute Gasteiger partial charge is 1.00 e. The van der Waals surface area contributed by atoms with E-state index in [1.54, 1.807) is 0 Å². The van der Waals surface area contributed by atoms with Crippen LogP contribution in [0.25, 0.3) is 0 Å². The number of benzene rings is 1. The van der Waals surface area contributed by atoms with Gasteiger partial charge in [-0.25, -0.2) is 0 Å². The third-order valence-corrected chi connectivity index (χ3v) is 1.44. The van der Waals surface area contributed by atoms with Gasteiger partial charge in [0, 0.05) is 0 Å². The van der Waals surface area contributed by atoms with Gasteiger partial charge in [-0.3, -0.25) is 0 Å². The standard InChI is InChI=1S/C8H3F6.ClH.Mg/c9-7(10,11)5-3-1-2-4-6(5)8(12,13)14;;/h1-3H;1H;/q-1;;+2/p-1. The minimum absolute atomic E-state index is 0. The van der Waals surface area contributed by atoms with E-state index >= 15 is 0 Å². The quantitative estimate of drug-likeness (QED) is 0.358. The Kier molecular flexibility index (Phi) is 6.80. The topological polar surface area (TPSA) is 0 Å². The molecule has 0 aliphatic carbocycles. The van der Waals surface area contributed by atoms with E-state index in [0.29, 0.717) is 6.07 Å². The van der Waals surface area contributed by atoms with Crippen LogP contribution in [0.3, 0.4) is 0 Å². The van der Waals surface area contributed by atoms with Gasteiger partial charge in [-0.05, 0) is 11.1 Å². The van der Waals surface area contributed by atoms with E-state index in [4.69, 9.17) is 0 Å². The van der Waals surface area contributed by atoms with Gasteiger partial charge in [0.15, 0.2) is 0 Å². The van der Waals surface area contributed by atoms with Crippen molar-refractivity contribution in [2.45, 2.75) is 12.4 Å². The summed E-state index contributed by atoms with van der Waals surface area (Å²) in [5.74, 6) is 0. The van der Waals surface area contributed by atoms with Crippen LogP contribution in [0.15, 0.2) is 18.2 Å². The Hall–Kier alpha value is -0.144. The molecule has 1 aromatic carbocycles. The van der Waals surface area contributed by atoms with Crippen molar-refractivity contribution < 1.29 is 38.7 Å². The maximum atomic E-state index is 12.1. The molecular formula is C8H3ClF6Mg. The molecule has 1 rings (SSSR count). The van der Waals surface area contributed by atoms with Gasteiger partial charge in [0.05, 0.1) is 0 Å². The fraction of sp³-hybridized carbons (Fsp3) is 0.250. The van der Waals surface area contributed by atoms with E-state index in [9.17, 15) is 26.3 Å². The second-order valence-corrected chi connectivity index (χ2v) is 2.45. The zero-order valence-corrected chi connectivity index (χ0v) is 9.76. The molecule has 0 unspecified atom stereocenters. The average molecular weight is 273 g/mol. The molecule has 0 heterocycles. The van der Waals surface area contributed by atoms with E-state index in [-0.39, 0.29) is 35.5 Å². The molecule has 86 valence electrons. The molecule has 1 aromatic rings. The Morgan fingerprint density at radius 3 is 1.75 bits per heavy atom. The summed E-state index contributed by atoms with van der Waals surface area (Å²) in [5, 5.41) is 0. The summed E-state index contributed by atoms with van der Waals surface area (Å²) in [4.78, 5) is 0. The van der Waals surface area contributed by atoms with Crippen molar-refractivity contribution in [2.75, 3.05) is 0 Å². The molecule has 0 saturated heterocycles. The van der Waals surface area contributed by atoms with Crippen molar-refractivity contribution in [1.29, 1.82) is 0 Å². The van der Waals surface area contributed by atoms with Crippen LogP contribution in [0, 0.1) is 6.07 Å². The van der Waals surface area contributed by atoms with Crippen LogP contribution in [-0.4, -0.2) is 23.1 Å². The summed E-state index contributed by atoms with van der Waals surface area (Å²) in [7, 11) is 0. The second-order valence-electron chi connectivity index (χ2n) is 2.45. The average Bonchev–Trinajstić information content (AvgIpc) is 2.01. The molecule has 0 radical (unpaired) electrons. The van der Waals surface area contributed by atoms with Crippen LogP contribution < -0.4 is 12.4 Å². The summed E-state index contributed by atoms with van der Waals surface area (Å²) < 4.78 is 72.3. The van der Waals surface area contributed by atoms with Crippen molar-refractivity contribution in [2.24, 2.45) is 0 Å². The van der Waals surface area contributed by atoms with Gasteiger partial charge in [0.2, 0.25) is 0 Å². The molecule has 0 amide bonds. The monoisotopic (exact) mass is 272 g/mol. The fourth-order valence-electron chi connectivity index (χ4n) is 0.908. The van der Waals surface area contributed by atoms with Crippen LogP contribution in [0.2, 0.25) is 0 Å². The molecule has 0 fully saturated rings. The first-order valence-electron chi connectivity index (χ1n) is 3.38. The number of halogens is 7. The van der Waals surface area contributed by atoms with E-state index < -0.39 is 23.5 Å². The number of rotatable bonds is 0. The zero-order chi connectivity index (χ0) is 11.0. The molecular weight excluding hydrogens is 270 g/mol. The maximum absolute atomic E-state index is 12.1. The van der Waals surface area contributed by atoms with E-state index in [1.165, 1.54) is 6.07 Å². The van der Waals surface area contributed by atoms with Crippen LogP contribution in [0.4, 0.5) is 26.3 Å². The van der Waals surface area contributed by atoms with Crippen molar-refractivity contribution in [1.82, 2.24) is 0 Å². The molecule has 0 spiro atoms.